The molecule has 1 aliphatic carbocycles. The molecule has 0 aromatic carbocycles. The van der Waals surface area contributed by atoms with E-state index in [4.69, 9.17) is 9.90 Å². The van der Waals surface area contributed by atoms with Crippen LogP contribution in [-0.4, -0.2) is 65.7 Å². The minimum Gasteiger partial charge on any atom is -0.475 e. The van der Waals surface area contributed by atoms with Crippen LogP contribution in [0.3, 0.4) is 0 Å². The number of nitrogens with zero attached hydrogens (tertiary/aromatic N) is 2. The van der Waals surface area contributed by atoms with Gasteiger partial charge in [-0.3, -0.25) is 4.79 Å². The van der Waals surface area contributed by atoms with Crippen molar-refractivity contribution < 1.29 is 27.9 Å². The highest BCUT2D eigenvalue weighted by Crippen LogP contribution is 2.42. The third kappa shape index (κ3) is 4.20. The van der Waals surface area contributed by atoms with Gasteiger partial charge >= 0.3 is 12.1 Å². The minimum absolute atomic E-state index is 0.367. The van der Waals surface area contributed by atoms with E-state index in [2.05, 4.69) is 23.6 Å². The van der Waals surface area contributed by atoms with Gasteiger partial charge in [0.1, 0.15) is 0 Å². The lowest BCUT2D eigenvalue weighted by Gasteiger charge is -2.50. The molecule has 0 unspecified atom stereocenters. The van der Waals surface area contributed by atoms with Crippen LogP contribution in [0.1, 0.15) is 33.1 Å². The van der Waals surface area contributed by atoms with Gasteiger partial charge < -0.3 is 14.9 Å². The first-order valence-electron chi connectivity index (χ1n) is 8.37. The van der Waals surface area contributed by atoms with Gasteiger partial charge in [-0.05, 0) is 38.3 Å². The molecule has 2 aliphatic heterocycles. The number of halogens is 3. The molecule has 8 heteroatoms. The van der Waals surface area contributed by atoms with Gasteiger partial charge in [0, 0.05) is 31.0 Å². The van der Waals surface area contributed by atoms with Crippen LogP contribution in [0.5, 0.6) is 0 Å². The molecule has 3 fully saturated rings. The SMILES string of the molecule is CCN1CCC2(C1)CN(C(=O)C1CC(C)C1)C2.O=C(O)C(F)(F)F. The molecule has 0 radical (unpaired) electrons. The summed E-state index contributed by atoms with van der Waals surface area (Å²) in [7, 11) is 0. The molecule has 0 aromatic rings. The lowest BCUT2D eigenvalue weighted by Crippen LogP contribution is -2.61. The highest BCUT2D eigenvalue weighted by atomic mass is 19.4. The van der Waals surface area contributed by atoms with Crippen LogP contribution in [0.25, 0.3) is 0 Å². The van der Waals surface area contributed by atoms with Crippen LogP contribution < -0.4 is 0 Å². The molecule has 0 bridgehead atoms. The van der Waals surface area contributed by atoms with E-state index in [1.54, 1.807) is 0 Å². The van der Waals surface area contributed by atoms with E-state index in [-0.39, 0.29) is 0 Å². The number of carbonyl (C=O) groups is 2. The summed E-state index contributed by atoms with van der Waals surface area (Å²) in [4.78, 5) is 25.7. The Bertz CT molecular complexity index is 483. The van der Waals surface area contributed by atoms with Crippen LogP contribution >= 0.6 is 0 Å². The lowest BCUT2D eigenvalue weighted by atomic mass is 9.72. The Kier molecular flexibility index (Phi) is 5.47. The Labute approximate surface area is 139 Å². The zero-order chi connectivity index (χ0) is 18.1. The van der Waals surface area contributed by atoms with Crippen molar-refractivity contribution in [2.24, 2.45) is 17.3 Å². The summed E-state index contributed by atoms with van der Waals surface area (Å²) in [6.45, 7) is 10.2. The molecule has 3 rings (SSSR count). The number of aliphatic carboxylic acids is 1. The smallest absolute Gasteiger partial charge is 0.475 e. The lowest BCUT2D eigenvalue weighted by molar-refractivity contribution is -0.192. The standard InChI is InChI=1S/C14H24N2O.C2HF3O2/c1-3-15-5-4-14(8-15)9-16(10-14)13(17)12-6-11(2)7-12;3-2(4,5)1(6)7/h11-12H,3-10H2,1-2H3;(H,6,7). The van der Waals surface area contributed by atoms with E-state index < -0.39 is 12.1 Å². The topological polar surface area (TPSA) is 60.9 Å². The van der Waals surface area contributed by atoms with Crippen LogP contribution in [0.4, 0.5) is 13.2 Å². The number of alkyl halides is 3. The average Bonchev–Trinajstić information content (AvgIpc) is 2.86. The van der Waals surface area contributed by atoms with Gasteiger partial charge in [0.2, 0.25) is 5.91 Å². The van der Waals surface area contributed by atoms with Gasteiger partial charge in [0.25, 0.3) is 0 Å². The summed E-state index contributed by atoms with van der Waals surface area (Å²) in [5.74, 6) is -1.16. The third-order valence-corrected chi connectivity index (χ3v) is 5.29. The number of carbonyl (C=O) groups excluding carboxylic acids is 1. The first kappa shape index (κ1) is 19.0. The monoisotopic (exact) mass is 350 g/mol. The second-order valence-electron chi connectivity index (χ2n) is 7.39. The van der Waals surface area contributed by atoms with E-state index in [0.29, 0.717) is 17.2 Å². The fourth-order valence-electron chi connectivity index (χ4n) is 3.84. The average molecular weight is 350 g/mol. The Morgan fingerprint density at radius 1 is 1.21 bits per heavy atom. The Hall–Kier alpha value is -1.31. The molecular weight excluding hydrogens is 325 g/mol. The number of likely N-dealkylation sites (tertiary alicyclic amines) is 2. The molecule has 0 aromatic heterocycles. The van der Waals surface area contributed by atoms with E-state index in [0.717, 1.165) is 38.4 Å². The highest BCUT2D eigenvalue weighted by molar-refractivity contribution is 5.80. The molecule has 24 heavy (non-hydrogen) atoms. The molecule has 2 saturated heterocycles. The fraction of sp³-hybridized carbons (Fsp3) is 0.875. The molecule has 3 aliphatic rings. The van der Waals surface area contributed by atoms with Gasteiger partial charge in [0.15, 0.2) is 0 Å². The first-order chi connectivity index (χ1) is 11.1. The predicted octanol–water partition coefficient (Wildman–Crippen LogP) is 2.22. The van der Waals surface area contributed by atoms with E-state index in [9.17, 15) is 18.0 Å². The first-order valence-corrected chi connectivity index (χ1v) is 8.37. The van der Waals surface area contributed by atoms with Gasteiger partial charge in [-0.15, -0.1) is 0 Å². The van der Waals surface area contributed by atoms with Crippen LogP contribution in [-0.2, 0) is 9.59 Å². The molecule has 2 heterocycles. The maximum atomic E-state index is 12.2. The van der Waals surface area contributed by atoms with Crippen molar-refractivity contribution in [1.82, 2.24) is 9.80 Å². The molecular formula is C16H25F3N2O3. The van der Waals surface area contributed by atoms with E-state index in [1.807, 2.05) is 0 Å². The summed E-state index contributed by atoms with van der Waals surface area (Å²) < 4.78 is 31.7. The largest absolute Gasteiger partial charge is 0.490 e. The van der Waals surface area contributed by atoms with Crippen LogP contribution in [0.2, 0.25) is 0 Å². The van der Waals surface area contributed by atoms with Crippen molar-refractivity contribution in [3.8, 4) is 0 Å². The number of hydrogen-bond acceptors (Lipinski definition) is 3. The van der Waals surface area contributed by atoms with E-state index >= 15 is 0 Å². The van der Waals surface area contributed by atoms with Gasteiger partial charge in [-0.25, -0.2) is 4.79 Å². The number of amides is 1. The molecule has 0 atom stereocenters. The van der Waals surface area contributed by atoms with Gasteiger partial charge in [-0.1, -0.05) is 13.8 Å². The molecule has 1 spiro atoms. The normalized spacial score (nSPS) is 28.6. The number of carboxylic acid groups (broad SMARTS) is 1. The minimum atomic E-state index is -5.08. The summed E-state index contributed by atoms with van der Waals surface area (Å²) in [5.41, 5.74) is 0.473. The third-order valence-electron chi connectivity index (χ3n) is 5.29. The Morgan fingerprint density at radius 2 is 1.75 bits per heavy atom. The summed E-state index contributed by atoms with van der Waals surface area (Å²) in [6.07, 6.45) is -1.53. The fourth-order valence-corrected chi connectivity index (χ4v) is 3.84. The van der Waals surface area contributed by atoms with E-state index in [1.165, 1.54) is 19.5 Å². The second-order valence-corrected chi connectivity index (χ2v) is 7.39. The zero-order valence-electron chi connectivity index (χ0n) is 14.1. The van der Waals surface area contributed by atoms with Crippen molar-refractivity contribution in [2.75, 3.05) is 32.7 Å². The molecule has 5 nitrogen and oxygen atoms in total. The molecule has 138 valence electrons. The highest BCUT2D eigenvalue weighted by Gasteiger charge is 2.50. The number of hydrogen-bond donors (Lipinski definition) is 1. The van der Waals surface area contributed by atoms with Crippen molar-refractivity contribution >= 4 is 11.9 Å². The number of rotatable bonds is 2. The van der Waals surface area contributed by atoms with Crippen molar-refractivity contribution in [3.05, 3.63) is 0 Å². The van der Waals surface area contributed by atoms with Crippen LogP contribution in [0.15, 0.2) is 0 Å². The van der Waals surface area contributed by atoms with Gasteiger partial charge in [0.05, 0.1) is 0 Å². The van der Waals surface area contributed by atoms with Crippen molar-refractivity contribution in [3.63, 3.8) is 0 Å². The summed E-state index contributed by atoms with van der Waals surface area (Å²) in [5, 5.41) is 7.12. The Balaban J connectivity index is 0.000000256. The summed E-state index contributed by atoms with van der Waals surface area (Å²) >= 11 is 0. The second kappa shape index (κ2) is 6.90. The maximum absolute atomic E-state index is 12.2. The van der Waals surface area contributed by atoms with Crippen LogP contribution in [0, 0.1) is 17.3 Å². The summed E-state index contributed by atoms with van der Waals surface area (Å²) in [6, 6.07) is 0. The maximum Gasteiger partial charge on any atom is 0.490 e. The van der Waals surface area contributed by atoms with Crippen molar-refractivity contribution in [2.45, 2.75) is 39.3 Å². The zero-order valence-corrected chi connectivity index (χ0v) is 14.1. The van der Waals surface area contributed by atoms with Crippen molar-refractivity contribution in [1.29, 1.82) is 0 Å². The molecule has 1 amide bonds. The number of carboxylic acids is 1. The predicted molar refractivity (Wildman–Crippen MR) is 81.3 cm³/mol. The van der Waals surface area contributed by atoms with Gasteiger partial charge in [-0.2, -0.15) is 13.2 Å². The quantitative estimate of drug-likeness (QED) is 0.830. The Morgan fingerprint density at radius 3 is 2.12 bits per heavy atom. The molecule has 1 N–H and O–H groups in total. The molecule has 1 saturated carbocycles.